The molecule has 2 aromatic carbocycles. The van der Waals surface area contributed by atoms with E-state index >= 15 is 0 Å². The van der Waals surface area contributed by atoms with Crippen molar-refractivity contribution in [1.29, 1.82) is 0 Å². The number of hydrogen-bond acceptors (Lipinski definition) is 3. The first kappa shape index (κ1) is 15.3. The van der Waals surface area contributed by atoms with Gasteiger partial charge in [-0.15, -0.1) is 0 Å². The van der Waals surface area contributed by atoms with Crippen LogP contribution in [0, 0.1) is 5.82 Å². The van der Waals surface area contributed by atoms with E-state index in [0.717, 1.165) is 28.9 Å². The summed E-state index contributed by atoms with van der Waals surface area (Å²) in [5.74, 6) is 0.0998. The van der Waals surface area contributed by atoms with Gasteiger partial charge >= 0.3 is 5.97 Å². The van der Waals surface area contributed by atoms with Crippen LogP contribution in [-0.4, -0.2) is 19.2 Å². The number of carbonyl (C=O) groups is 1. The SMILES string of the molecule is CCOC(=O)C(=Cc1ccc(F)cc1)c1cccc2c1CCO2. The molecule has 0 N–H and O–H groups in total. The minimum Gasteiger partial charge on any atom is -0.493 e. The first-order valence-electron chi connectivity index (χ1n) is 7.58. The van der Waals surface area contributed by atoms with E-state index < -0.39 is 5.97 Å². The molecule has 118 valence electrons. The quantitative estimate of drug-likeness (QED) is 0.488. The fraction of sp³-hybridized carbons (Fsp3) is 0.211. The smallest absolute Gasteiger partial charge is 0.338 e. The Morgan fingerprint density at radius 3 is 2.78 bits per heavy atom. The van der Waals surface area contributed by atoms with Crippen LogP contribution in [0.5, 0.6) is 5.75 Å². The number of benzene rings is 2. The van der Waals surface area contributed by atoms with Gasteiger partial charge in [0.2, 0.25) is 0 Å². The van der Waals surface area contributed by atoms with E-state index in [9.17, 15) is 9.18 Å². The summed E-state index contributed by atoms with van der Waals surface area (Å²) in [5, 5.41) is 0. The van der Waals surface area contributed by atoms with Crippen LogP contribution in [0.3, 0.4) is 0 Å². The molecule has 23 heavy (non-hydrogen) atoms. The molecule has 3 nitrogen and oxygen atoms in total. The van der Waals surface area contributed by atoms with Crippen molar-refractivity contribution in [2.24, 2.45) is 0 Å². The topological polar surface area (TPSA) is 35.5 Å². The van der Waals surface area contributed by atoms with Gasteiger partial charge in [0.15, 0.2) is 0 Å². The van der Waals surface area contributed by atoms with E-state index in [1.807, 2.05) is 18.2 Å². The van der Waals surface area contributed by atoms with Crippen molar-refractivity contribution < 1.29 is 18.7 Å². The van der Waals surface area contributed by atoms with Crippen LogP contribution in [0.4, 0.5) is 4.39 Å². The summed E-state index contributed by atoms with van der Waals surface area (Å²) in [7, 11) is 0. The summed E-state index contributed by atoms with van der Waals surface area (Å²) in [6.45, 7) is 2.68. The number of hydrogen-bond donors (Lipinski definition) is 0. The average Bonchev–Trinajstić information content (AvgIpc) is 3.03. The predicted octanol–water partition coefficient (Wildman–Crippen LogP) is 3.86. The average molecular weight is 312 g/mol. The van der Waals surface area contributed by atoms with E-state index in [1.165, 1.54) is 12.1 Å². The number of fused-ring (bicyclic) bond motifs is 1. The lowest BCUT2D eigenvalue weighted by atomic mass is 9.96. The monoisotopic (exact) mass is 312 g/mol. The molecule has 1 heterocycles. The molecule has 4 heteroatoms. The zero-order valence-electron chi connectivity index (χ0n) is 12.8. The van der Waals surface area contributed by atoms with Gasteiger partial charge in [-0.2, -0.15) is 0 Å². The number of rotatable bonds is 4. The van der Waals surface area contributed by atoms with Crippen LogP contribution >= 0.6 is 0 Å². The molecule has 0 saturated carbocycles. The maximum Gasteiger partial charge on any atom is 0.338 e. The molecule has 0 aliphatic carbocycles. The van der Waals surface area contributed by atoms with Crippen LogP contribution < -0.4 is 4.74 Å². The van der Waals surface area contributed by atoms with Gasteiger partial charge in [0.05, 0.1) is 18.8 Å². The number of ether oxygens (including phenoxy) is 2. The maximum atomic E-state index is 13.1. The molecule has 0 amide bonds. The molecule has 0 radical (unpaired) electrons. The van der Waals surface area contributed by atoms with Gasteiger partial charge in [-0.3, -0.25) is 0 Å². The van der Waals surface area contributed by atoms with Crippen molar-refractivity contribution in [3.63, 3.8) is 0 Å². The molecule has 2 aromatic rings. The van der Waals surface area contributed by atoms with Gasteiger partial charge in [-0.25, -0.2) is 9.18 Å². The second kappa shape index (κ2) is 6.65. The van der Waals surface area contributed by atoms with Crippen molar-refractivity contribution in [1.82, 2.24) is 0 Å². The minimum absolute atomic E-state index is 0.297. The van der Waals surface area contributed by atoms with Crippen molar-refractivity contribution in [3.8, 4) is 5.75 Å². The van der Waals surface area contributed by atoms with Crippen molar-refractivity contribution >= 4 is 17.6 Å². The lowest BCUT2D eigenvalue weighted by Crippen LogP contribution is -2.08. The Morgan fingerprint density at radius 2 is 2.04 bits per heavy atom. The van der Waals surface area contributed by atoms with Gasteiger partial charge in [-0.05, 0) is 42.3 Å². The van der Waals surface area contributed by atoms with Gasteiger partial charge in [0, 0.05) is 12.0 Å². The molecule has 0 aromatic heterocycles. The normalized spacial score (nSPS) is 13.4. The number of esters is 1. The molecule has 0 spiro atoms. The molecular formula is C19H17FO3. The molecule has 0 saturated heterocycles. The predicted molar refractivity (Wildman–Crippen MR) is 86.5 cm³/mol. The third kappa shape index (κ3) is 3.26. The highest BCUT2D eigenvalue weighted by Crippen LogP contribution is 2.33. The minimum atomic E-state index is -0.392. The van der Waals surface area contributed by atoms with E-state index in [1.54, 1.807) is 25.1 Å². The molecular weight excluding hydrogens is 295 g/mol. The summed E-state index contributed by atoms with van der Waals surface area (Å²) in [4.78, 5) is 12.4. The summed E-state index contributed by atoms with van der Waals surface area (Å²) < 4.78 is 23.8. The highest BCUT2D eigenvalue weighted by atomic mass is 19.1. The first-order chi connectivity index (χ1) is 11.2. The Balaban J connectivity index is 2.08. The van der Waals surface area contributed by atoms with Crippen molar-refractivity contribution in [3.05, 3.63) is 65.0 Å². The van der Waals surface area contributed by atoms with E-state index in [4.69, 9.17) is 9.47 Å². The van der Waals surface area contributed by atoms with Crippen LogP contribution in [0.2, 0.25) is 0 Å². The number of halogens is 1. The third-order valence-electron chi connectivity index (χ3n) is 3.71. The lowest BCUT2D eigenvalue weighted by Gasteiger charge is -2.11. The van der Waals surface area contributed by atoms with Gasteiger partial charge in [0.25, 0.3) is 0 Å². The molecule has 3 rings (SSSR count). The van der Waals surface area contributed by atoms with Gasteiger partial charge < -0.3 is 9.47 Å². The maximum absolute atomic E-state index is 13.1. The Morgan fingerprint density at radius 1 is 1.26 bits per heavy atom. The van der Waals surface area contributed by atoms with E-state index in [-0.39, 0.29) is 5.82 Å². The van der Waals surface area contributed by atoms with Crippen LogP contribution in [0.15, 0.2) is 42.5 Å². The lowest BCUT2D eigenvalue weighted by molar-refractivity contribution is -0.136. The summed E-state index contributed by atoms with van der Waals surface area (Å²) in [5.41, 5.74) is 3.02. The zero-order chi connectivity index (χ0) is 16.2. The second-order valence-electron chi connectivity index (χ2n) is 5.21. The number of carbonyl (C=O) groups excluding carboxylic acids is 1. The fourth-order valence-corrected chi connectivity index (χ4v) is 2.66. The van der Waals surface area contributed by atoms with Crippen molar-refractivity contribution in [2.45, 2.75) is 13.3 Å². The zero-order valence-corrected chi connectivity index (χ0v) is 12.8. The summed E-state index contributed by atoms with van der Waals surface area (Å²) in [6, 6.07) is 11.6. The Hall–Kier alpha value is -2.62. The molecule has 1 aliphatic heterocycles. The van der Waals surface area contributed by atoms with Crippen LogP contribution in [0.25, 0.3) is 11.6 Å². The first-order valence-corrected chi connectivity index (χ1v) is 7.58. The molecule has 0 unspecified atom stereocenters. The Kier molecular flexibility index (Phi) is 4.42. The molecule has 1 aliphatic rings. The Labute approximate surface area is 134 Å². The summed E-state index contributed by atoms with van der Waals surface area (Å²) >= 11 is 0. The van der Waals surface area contributed by atoms with E-state index in [0.29, 0.717) is 18.8 Å². The van der Waals surface area contributed by atoms with Gasteiger partial charge in [-0.1, -0.05) is 24.3 Å². The Bertz CT molecular complexity index is 748. The largest absolute Gasteiger partial charge is 0.493 e. The van der Waals surface area contributed by atoms with E-state index in [2.05, 4.69) is 0 Å². The fourth-order valence-electron chi connectivity index (χ4n) is 2.66. The molecule has 0 fully saturated rings. The van der Waals surface area contributed by atoms with Crippen LogP contribution in [0.1, 0.15) is 23.6 Å². The summed E-state index contributed by atoms with van der Waals surface area (Å²) in [6.07, 6.45) is 2.48. The third-order valence-corrected chi connectivity index (χ3v) is 3.71. The second-order valence-corrected chi connectivity index (χ2v) is 5.21. The van der Waals surface area contributed by atoms with Crippen molar-refractivity contribution in [2.75, 3.05) is 13.2 Å². The molecule has 0 bridgehead atoms. The standard InChI is InChI=1S/C19H17FO3/c1-2-22-19(21)17(12-13-6-8-14(20)9-7-13)15-4-3-5-18-16(15)10-11-23-18/h3-9,12H,2,10-11H2,1H3. The van der Waals surface area contributed by atoms with Crippen LogP contribution in [-0.2, 0) is 16.0 Å². The molecule has 0 atom stereocenters. The highest BCUT2D eigenvalue weighted by Gasteiger charge is 2.22. The van der Waals surface area contributed by atoms with Gasteiger partial charge in [0.1, 0.15) is 11.6 Å². The highest BCUT2D eigenvalue weighted by molar-refractivity contribution is 6.22.